The number of aromatic nitrogens is 3. The summed E-state index contributed by atoms with van der Waals surface area (Å²) in [6.45, 7) is 6.01. The fraction of sp³-hybridized carbons (Fsp3) is 0.296. The average molecular weight is 456 g/mol. The van der Waals surface area contributed by atoms with Crippen LogP contribution in [-0.2, 0) is 0 Å². The number of fused-ring (bicyclic) bond motifs is 1. The third kappa shape index (κ3) is 4.59. The number of ether oxygens (including phenoxy) is 1. The van der Waals surface area contributed by atoms with Crippen LogP contribution < -0.4 is 15.4 Å². The van der Waals surface area contributed by atoms with Crippen molar-refractivity contribution in [3.05, 3.63) is 72.7 Å². The Morgan fingerprint density at radius 3 is 2.44 bits per heavy atom. The summed E-state index contributed by atoms with van der Waals surface area (Å²) in [6.07, 6.45) is 7.93. The molecule has 1 saturated heterocycles. The molecule has 0 aliphatic carbocycles. The van der Waals surface area contributed by atoms with Crippen molar-refractivity contribution in [2.24, 2.45) is 5.73 Å². The molecule has 4 aromatic rings. The molecule has 0 bridgehead atoms. The Hall–Kier alpha value is -3.87. The van der Waals surface area contributed by atoms with Gasteiger partial charge in [-0.3, -0.25) is 9.48 Å². The minimum atomic E-state index is -0.430. The molecule has 1 aliphatic heterocycles. The fourth-order valence-electron chi connectivity index (χ4n) is 4.34. The number of nitrogens with zero attached hydrogens (tertiary/aromatic N) is 4. The number of hydrogen-bond donors (Lipinski definition) is 1. The highest BCUT2D eigenvalue weighted by atomic mass is 16.5. The standard InChI is InChI=1S/C27H29N5O2/c1-18(2)32-17-23(16-30-32)20-3-4-21-15-29-26(14-22(21)13-20)31-11-9-25(10-12-31)34-24-7-5-19(6-8-24)27(28)33/h3-8,13-18,25H,9-12H2,1-2H3,(H2,28,33). The SMILES string of the molecule is CC(C)n1cc(-c2ccc3cnc(N4CCC(Oc5ccc(C(N)=O)cc5)CC4)cc3c2)cn1. The first-order valence-corrected chi connectivity index (χ1v) is 11.7. The molecular weight excluding hydrogens is 426 g/mol. The molecule has 1 aliphatic rings. The third-order valence-electron chi connectivity index (χ3n) is 6.38. The van der Waals surface area contributed by atoms with Crippen LogP contribution in [0.2, 0.25) is 0 Å². The van der Waals surface area contributed by atoms with Gasteiger partial charge in [-0.05, 0) is 61.2 Å². The van der Waals surface area contributed by atoms with Crippen molar-refractivity contribution < 1.29 is 9.53 Å². The van der Waals surface area contributed by atoms with Crippen molar-refractivity contribution in [3.63, 3.8) is 0 Å². The maximum absolute atomic E-state index is 11.2. The topological polar surface area (TPSA) is 86.3 Å². The van der Waals surface area contributed by atoms with E-state index in [0.29, 0.717) is 11.6 Å². The van der Waals surface area contributed by atoms with Gasteiger partial charge in [-0.15, -0.1) is 0 Å². The number of piperidine rings is 1. The third-order valence-corrected chi connectivity index (χ3v) is 6.38. The quantitative estimate of drug-likeness (QED) is 0.450. The summed E-state index contributed by atoms with van der Waals surface area (Å²) < 4.78 is 8.10. The number of anilines is 1. The minimum Gasteiger partial charge on any atom is -0.490 e. The molecule has 0 saturated carbocycles. The number of nitrogens with two attached hydrogens (primary N) is 1. The second kappa shape index (κ2) is 9.17. The molecule has 7 nitrogen and oxygen atoms in total. The van der Waals surface area contributed by atoms with Crippen LogP contribution in [0.25, 0.3) is 21.9 Å². The first-order valence-electron chi connectivity index (χ1n) is 11.7. The Labute approximate surface area is 199 Å². The summed E-state index contributed by atoms with van der Waals surface area (Å²) in [5, 5.41) is 6.78. The molecule has 34 heavy (non-hydrogen) atoms. The molecule has 5 rings (SSSR count). The molecule has 0 spiro atoms. The molecule has 7 heteroatoms. The molecule has 1 amide bonds. The molecule has 0 radical (unpaired) electrons. The Kier molecular flexibility index (Phi) is 5.92. The lowest BCUT2D eigenvalue weighted by Gasteiger charge is -2.33. The molecule has 3 heterocycles. The van der Waals surface area contributed by atoms with Crippen molar-refractivity contribution in [3.8, 4) is 16.9 Å². The molecule has 174 valence electrons. The van der Waals surface area contributed by atoms with E-state index in [9.17, 15) is 4.79 Å². The van der Waals surface area contributed by atoms with Crippen molar-refractivity contribution in [1.82, 2.24) is 14.8 Å². The van der Waals surface area contributed by atoms with E-state index in [0.717, 1.165) is 54.0 Å². The van der Waals surface area contributed by atoms with Crippen LogP contribution in [0.5, 0.6) is 5.75 Å². The lowest BCUT2D eigenvalue weighted by molar-refractivity contribution is 0.1000. The van der Waals surface area contributed by atoms with Gasteiger partial charge in [0.1, 0.15) is 17.7 Å². The molecule has 2 aromatic heterocycles. The predicted molar refractivity (Wildman–Crippen MR) is 134 cm³/mol. The molecule has 2 N–H and O–H groups in total. The van der Waals surface area contributed by atoms with E-state index >= 15 is 0 Å². The van der Waals surface area contributed by atoms with Crippen LogP contribution in [0.4, 0.5) is 5.82 Å². The van der Waals surface area contributed by atoms with Gasteiger partial charge in [0.15, 0.2) is 0 Å². The van der Waals surface area contributed by atoms with Crippen LogP contribution in [0.3, 0.4) is 0 Å². The Morgan fingerprint density at radius 2 is 1.76 bits per heavy atom. The molecule has 0 atom stereocenters. The van der Waals surface area contributed by atoms with Gasteiger partial charge in [0, 0.05) is 60.9 Å². The van der Waals surface area contributed by atoms with E-state index < -0.39 is 5.91 Å². The van der Waals surface area contributed by atoms with Crippen molar-refractivity contribution in [1.29, 1.82) is 0 Å². The van der Waals surface area contributed by atoms with E-state index in [2.05, 4.69) is 54.3 Å². The highest BCUT2D eigenvalue weighted by Crippen LogP contribution is 2.28. The van der Waals surface area contributed by atoms with Gasteiger partial charge in [-0.1, -0.05) is 12.1 Å². The summed E-state index contributed by atoms with van der Waals surface area (Å²) in [5.74, 6) is 1.33. The molecule has 2 aromatic carbocycles. The summed E-state index contributed by atoms with van der Waals surface area (Å²) in [6, 6.07) is 16.0. The van der Waals surface area contributed by atoms with Crippen LogP contribution in [0, 0.1) is 0 Å². The van der Waals surface area contributed by atoms with E-state index in [4.69, 9.17) is 15.5 Å². The van der Waals surface area contributed by atoms with Crippen LogP contribution >= 0.6 is 0 Å². The largest absolute Gasteiger partial charge is 0.490 e. The maximum Gasteiger partial charge on any atom is 0.248 e. The van der Waals surface area contributed by atoms with Crippen LogP contribution in [0.1, 0.15) is 43.1 Å². The van der Waals surface area contributed by atoms with Gasteiger partial charge in [-0.25, -0.2) is 4.98 Å². The lowest BCUT2D eigenvalue weighted by Crippen LogP contribution is -2.38. The summed E-state index contributed by atoms with van der Waals surface area (Å²) in [4.78, 5) is 18.3. The number of carbonyl (C=O) groups excluding carboxylic acids is 1. The van der Waals surface area contributed by atoms with E-state index in [-0.39, 0.29) is 6.10 Å². The van der Waals surface area contributed by atoms with E-state index in [1.165, 1.54) is 5.39 Å². The van der Waals surface area contributed by atoms with Gasteiger partial charge < -0.3 is 15.4 Å². The van der Waals surface area contributed by atoms with Gasteiger partial charge in [0.2, 0.25) is 5.91 Å². The average Bonchev–Trinajstić information content (AvgIpc) is 3.35. The second-order valence-electron chi connectivity index (χ2n) is 9.10. The fourth-order valence-corrected chi connectivity index (χ4v) is 4.34. The van der Waals surface area contributed by atoms with Crippen molar-refractivity contribution >= 4 is 22.5 Å². The number of rotatable bonds is 6. The summed E-state index contributed by atoms with van der Waals surface area (Å²) in [7, 11) is 0. The summed E-state index contributed by atoms with van der Waals surface area (Å²) >= 11 is 0. The number of pyridine rings is 1. The summed E-state index contributed by atoms with van der Waals surface area (Å²) in [5.41, 5.74) is 8.07. The number of primary amides is 1. The molecule has 1 fully saturated rings. The molecular formula is C27H29N5O2. The van der Waals surface area contributed by atoms with E-state index in [1.54, 1.807) is 24.3 Å². The minimum absolute atomic E-state index is 0.139. The number of carbonyl (C=O) groups is 1. The van der Waals surface area contributed by atoms with Gasteiger partial charge in [0.05, 0.1) is 6.20 Å². The lowest BCUT2D eigenvalue weighted by atomic mass is 10.0. The van der Waals surface area contributed by atoms with Crippen molar-refractivity contribution in [2.75, 3.05) is 18.0 Å². The first-order chi connectivity index (χ1) is 16.5. The maximum atomic E-state index is 11.2. The smallest absolute Gasteiger partial charge is 0.248 e. The van der Waals surface area contributed by atoms with Crippen LogP contribution in [0.15, 0.2) is 67.1 Å². The van der Waals surface area contributed by atoms with Crippen LogP contribution in [-0.4, -0.2) is 39.9 Å². The van der Waals surface area contributed by atoms with Crippen molar-refractivity contribution in [2.45, 2.75) is 38.8 Å². The first kappa shape index (κ1) is 21.9. The normalized spacial score (nSPS) is 14.6. The Morgan fingerprint density at radius 1 is 1.00 bits per heavy atom. The molecule has 0 unspecified atom stereocenters. The zero-order valence-corrected chi connectivity index (χ0v) is 19.5. The number of hydrogen-bond acceptors (Lipinski definition) is 5. The number of benzene rings is 2. The van der Waals surface area contributed by atoms with Gasteiger partial charge in [-0.2, -0.15) is 5.10 Å². The number of amides is 1. The van der Waals surface area contributed by atoms with Gasteiger partial charge >= 0.3 is 0 Å². The monoisotopic (exact) mass is 455 g/mol. The predicted octanol–water partition coefficient (Wildman–Crippen LogP) is 4.83. The zero-order valence-electron chi connectivity index (χ0n) is 19.5. The Bertz CT molecular complexity index is 1300. The highest BCUT2D eigenvalue weighted by Gasteiger charge is 2.22. The van der Waals surface area contributed by atoms with E-state index in [1.807, 2.05) is 17.1 Å². The second-order valence-corrected chi connectivity index (χ2v) is 9.10. The highest BCUT2D eigenvalue weighted by molar-refractivity contribution is 5.92. The van der Waals surface area contributed by atoms with Gasteiger partial charge in [0.25, 0.3) is 0 Å². The zero-order chi connectivity index (χ0) is 23.7. The Balaban J connectivity index is 1.26.